The summed E-state index contributed by atoms with van der Waals surface area (Å²) < 4.78 is 6.67. The maximum atomic E-state index is 11.9. The molecule has 2 aromatic heterocycles. The van der Waals surface area contributed by atoms with Crippen molar-refractivity contribution in [2.24, 2.45) is 5.10 Å². The zero-order chi connectivity index (χ0) is 15.5. The van der Waals surface area contributed by atoms with Crippen LogP contribution in [0.25, 0.3) is 0 Å². The predicted molar refractivity (Wildman–Crippen MR) is 88.8 cm³/mol. The van der Waals surface area contributed by atoms with Crippen LogP contribution in [0.5, 0.6) is 0 Å². The summed E-state index contributed by atoms with van der Waals surface area (Å²) in [6, 6.07) is 4.03. The first-order valence-corrected chi connectivity index (χ1v) is 8.03. The van der Waals surface area contributed by atoms with Crippen molar-refractivity contribution in [2.75, 3.05) is 31.2 Å². The van der Waals surface area contributed by atoms with E-state index >= 15 is 0 Å². The molecule has 0 bridgehead atoms. The Hall–Kier alpha value is -1.84. The molecule has 0 atom stereocenters. The van der Waals surface area contributed by atoms with E-state index in [0.717, 1.165) is 35.9 Å². The Morgan fingerprint density at radius 1 is 1.45 bits per heavy atom. The average molecular weight is 337 g/mol. The minimum Gasteiger partial charge on any atom is -0.378 e. The highest BCUT2D eigenvalue weighted by molar-refractivity contribution is 7.71. The first-order chi connectivity index (χ1) is 10.6. The summed E-state index contributed by atoms with van der Waals surface area (Å²) in [4.78, 5) is 15.2. The minimum absolute atomic E-state index is 0.178. The molecule has 0 unspecified atom stereocenters. The van der Waals surface area contributed by atoms with Crippen LogP contribution in [-0.4, -0.2) is 47.4 Å². The van der Waals surface area contributed by atoms with E-state index in [1.54, 1.807) is 24.5 Å². The van der Waals surface area contributed by atoms with Gasteiger partial charge < -0.3 is 9.64 Å². The van der Waals surface area contributed by atoms with Crippen LogP contribution in [0.15, 0.2) is 22.0 Å². The maximum absolute atomic E-state index is 11.9. The molecule has 1 saturated heterocycles. The van der Waals surface area contributed by atoms with Crippen molar-refractivity contribution in [2.45, 2.75) is 6.92 Å². The van der Waals surface area contributed by atoms with Crippen molar-refractivity contribution < 1.29 is 4.74 Å². The Morgan fingerprint density at radius 2 is 2.23 bits per heavy atom. The normalized spacial score (nSPS) is 15.6. The topological polar surface area (TPSA) is 75.5 Å². The molecule has 0 amide bonds. The zero-order valence-corrected chi connectivity index (χ0v) is 13.6. The lowest BCUT2D eigenvalue weighted by molar-refractivity contribution is 0.123. The van der Waals surface area contributed by atoms with Crippen LogP contribution < -0.4 is 10.5 Å². The summed E-state index contributed by atoms with van der Waals surface area (Å²) in [5.41, 5.74) is 0.0101. The number of H-pyrrole nitrogens is 1. The minimum atomic E-state index is -0.315. The van der Waals surface area contributed by atoms with Gasteiger partial charge in [-0.1, -0.05) is 0 Å². The molecular weight excluding hydrogens is 322 g/mol. The van der Waals surface area contributed by atoms with E-state index in [-0.39, 0.29) is 10.3 Å². The van der Waals surface area contributed by atoms with Gasteiger partial charge in [0.1, 0.15) is 5.69 Å². The molecule has 1 fully saturated rings. The van der Waals surface area contributed by atoms with Crippen LogP contribution in [0.2, 0.25) is 0 Å². The van der Waals surface area contributed by atoms with Gasteiger partial charge in [0.15, 0.2) is 0 Å². The molecular formula is C13H15N5O2S2. The fraction of sp³-hybridized carbons (Fsp3) is 0.385. The van der Waals surface area contributed by atoms with E-state index in [2.05, 4.69) is 26.3 Å². The molecule has 3 heterocycles. The van der Waals surface area contributed by atoms with Crippen LogP contribution in [0.4, 0.5) is 5.00 Å². The van der Waals surface area contributed by atoms with Gasteiger partial charge in [-0.2, -0.15) is 14.9 Å². The molecule has 0 radical (unpaired) electrons. The second-order valence-electron chi connectivity index (χ2n) is 4.75. The van der Waals surface area contributed by atoms with E-state index in [4.69, 9.17) is 17.0 Å². The highest BCUT2D eigenvalue weighted by atomic mass is 32.1. The van der Waals surface area contributed by atoms with E-state index in [9.17, 15) is 4.79 Å². The number of morpholine rings is 1. The standard InChI is InChI=1S/C13H15N5O2S2/c1-9-12(19)18(13(21)16-15-9)14-8-10-2-3-11(22-10)17-4-6-20-7-5-17/h2-3,8H,4-7H2,1H3,(H,16,21)/b14-8+. The zero-order valence-electron chi connectivity index (χ0n) is 12.0. The number of rotatable bonds is 3. The molecule has 1 aliphatic heterocycles. The Morgan fingerprint density at radius 3 is 3.00 bits per heavy atom. The third-order valence-corrected chi connectivity index (χ3v) is 4.59. The first-order valence-electron chi connectivity index (χ1n) is 6.80. The highest BCUT2D eigenvalue weighted by Gasteiger charge is 2.12. The van der Waals surface area contributed by atoms with Gasteiger partial charge in [-0.15, -0.1) is 11.3 Å². The van der Waals surface area contributed by atoms with E-state index in [0.29, 0.717) is 5.69 Å². The SMILES string of the molecule is Cc1n[nH]c(=S)n(/N=C/c2ccc(N3CCOCC3)s2)c1=O. The van der Waals surface area contributed by atoms with Crippen molar-refractivity contribution in [3.05, 3.63) is 37.8 Å². The van der Waals surface area contributed by atoms with E-state index < -0.39 is 0 Å². The molecule has 1 N–H and O–H groups in total. The number of aromatic nitrogens is 3. The molecule has 0 aromatic carbocycles. The number of aromatic amines is 1. The molecule has 9 heteroatoms. The lowest BCUT2D eigenvalue weighted by atomic mass is 10.4. The molecule has 3 rings (SSSR count). The number of nitrogens with zero attached hydrogens (tertiary/aromatic N) is 4. The molecule has 22 heavy (non-hydrogen) atoms. The fourth-order valence-corrected chi connectivity index (χ4v) is 3.16. The summed E-state index contributed by atoms with van der Waals surface area (Å²) in [5, 5.41) is 11.7. The molecule has 116 valence electrons. The third kappa shape index (κ3) is 3.16. The number of anilines is 1. The quantitative estimate of drug-likeness (QED) is 0.677. The summed E-state index contributed by atoms with van der Waals surface area (Å²) in [6.45, 7) is 4.91. The molecule has 1 aliphatic rings. The average Bonchev–Trinajstić information content (AvgIpc) is 3.01. The van der Waals surface area contributed by atoms with Crippen LogP contribution in [0.3, 0.4) is 0 Å². The van der Waals surface area contributed by atoms with Crippen molar-refractivity contribution in [1.29, 1.82) is 0 Å². The second kappa shape index (κ2) is 6.51. The van der Waals surface area contributed by atoms with Gasteiger partial charge in [-0.05, 0) is 31.3 Å². The second-order valence-corrected chi connectivity index (χ2v) is 6.23. The van der Waals surface area contributed by atoms with E-state index in [1.165, 1.54) is 5.00 Å². The fourth-order valence-electron chi connectivity index (χ4n) is 2.06. The summed E-state index contributed by atoms with van der Waals surface area (Å²) in [5.74, 6) is 0. The lowest BCUT2D eigenvalue weighted by Gasteiger charge is -2.27. The van der Waals surface area contributed by atoms with Crippen LogP contribution >= 0.6 is 23.6 Å². The first kappa shape index (κ1) is 15.1. The monoisotopic (exact) mass is 337 g/mol. The van der Waals surface area contributed by atoms with Gasteiger partial charge in [0.05, 0.1) is 24.4 Å². The Labute approximate surface area is 135 Å². The predicted octanol–water partition coefficient (Wildman–Crippen LogP) is 1.39. The summed E-state index contributed by atoms with van der Waals surface area (Å²) in [7, 11) is 0. The van der Waals surface area contributed by atoms with E-state index in [1.807, 2.05) is 6.07 Å². The highest BCUT2D eigenvalue weighted by Crippen LogP contribution is 2.25. The van der Waals surface area contributed by atoms with Crippen molar-refractivity contribution >= 4 is 34.8 Å². The van der Waals surface area contributed by atoms with Crippen LogP contribution in [0.1, 0.15) is 10.6 Å². The Kier molecular flexibility index (Phi) is 4.46. The van der Waals surface area contributed by atoms with Crippen molar-refractivity contribution in [3.8, 4) is 0 Å². The summed E-state index contributed by atoms with van der Waals surface area (Å²) >= 11 is 6.66. The van der Waals surface area contributed by atoms with Gasteiger partial charge in [0.25, 0.3) is 5.56 Å². The number of ether oxygens (including phenoxy) is 1. The number of hydrogen-bond donors (Lipinski definition) is 1. The molecule has 0 spiro atoms. The molecule has 0 saturated carbocycles. The number of nitrogens with one attached hydrogen (secondary N) is 1. The number of thiophene rings is 1. The Balaban J connectivity index is 1.82. The van der Waals surface area contributed by atoms with Gasteiger partial charge >= 0.3 is 0 Å². The van der Waals surface area contributed by atoms with Crippen molar-refractivity contribution in [1.82, 2.24) is 14.9 Å². The van der Waals surface area contributed by atoms with Gasteiger partial charge in [-0.3, -0.25) is 9.89 Å². The summed E-state index contributed by atoms with van der Waals surface area (Å²) in [6.07, 6.45) is 1.64. The van der Waals surface area contributed by atoms with Gasteiger partial charge in [0.2, 0.25) is 4.77 Å². The number of aryl methyl sites for hydroxylation is 1. The van der Waals surface area contributed by atoms with Crippen LogP contribution in [-0.2, 0) is 4.74 Å². The maximum Gasteiger partial charge on any atom is 0.296 e. The smallest absolute Gasteiger partial charge is 0.296 e. The largest absolute Gasteiger partial charge is 0.378 e. The van der Waals surface area contributed by atoms with Gasteiger partial charge in [0, 0.05) is 18.0 Å². The molecule has 2 aromatic rings. The van der Waals surface area contributed by atoms with Gasteiger partial charge in [-0.25, -0.2) is 0 Å². The van der Waals surface area contributed by atoms with Crippen molar-refractivity contribution in [3.63, 3.8) is 0 Å². The third-order valence-electron chi connectivity index (χ3n) is 3.25. The van der Waals surface area contributed by atoms with Crippen LogP contribution in [0, 0.1) is 11.7 Å². The number of hydrogen-bond acceptors (Lipinski definition) is 7. The molecule has 0 aliphatic carbocycles. The molecule has 7 nitrogen and oxygen atoms in total. The Bertz CT molecular complexity index is 801. The lowest BCUT2D eigenvalue weighted by Crippen LogP contribution is -2.35.